The number of aromatic nitrogens is 4. The number of hydrogen-bond acceptors (Lipinski definition) is 6. The molecule has 0 amide bonds. The number of aryl methyl sites for hydroxylation is 1. The van der Waals surface area contributed by atoms with Crippen molar-refractivity contribution >= 4 is 39.5 Å². The summed E-state index contributed by atoms with van der Waals surface area (Å²) in [5, 5.41) is 12.5. The molecule has 0 atom stereocenters. The molecular weight excluding hydrogens is 458 g/mol. The summed E-state index contributed by atoms with van der Waals surface area (Å²) >= 11 is 1.68. The van der Waals surface area contributed by atoms with Gasteiger partial charge in [0.1, 0.15) is 17.2 Å². The molecule has 1 fully saturated rings. The zero-order valence-corrected chi connectivity index (χ0v) is 20.1. The molecule has 0 spiro atoms. The number of carboxylic acid groups (broad SMARTS) is 1. The summed E-state index contributed by atoms with van der Waals surface area (Å²) in [7, 11) is 0. The predicted octanol–water partition coefficient (Wildman–Crippen LogP) is 5.92. The first-order valence-corrected chi connectivity index (χ1v) is 12.7. The second kappa shape index (κ2) is 8.46. The SMILES string of the molecule is Cc1cc(-c2cccs2)nc2cc(-c3cn4c(C5CCC(C(=O)O)CC5)ncc4c(N)n3)ccc12. The lowest BCUT2D eigenvalue weighted by atomic mass is 9.81. The Balaban J connectivity index is 1.41. The second-order valence-electron chi connectivity index (χ2n) is 9.30. The van der Waals surface area contributed by atoms with Crippen LogP contribution in [0.3, 0.4) is 0 Å². The van der Waals surface area contributed by atoms with Crippen molar-refractivity contribution in [1.29, 1.82) is 0 Å². The lowest BCUT2D eigenvalue weighted by Gasteiger charge is -2.25. The number of nitrogen functional groups attached to an aromatic ring is 1. The average Bonchev–Trinajstić information content (AvgIpc) is 3.54. The van der Waals surface area contributed by atoms with E-state index < -0.39 is 5.97 Å². The number of thiophene rings is 1. The van der Waals surface area contributed by atoms with Crippen molar-refractivity contribution in [2.24, 2.45) is 5.92 Å². The third-order valence-electron chi connectivity index (χ3n) is 7.11. The van der Waals surface area contributed by atoms with Crippen molar-refractivity contribution < 1.29 is 9.90 Å². The van der Waals surface area contributed by atoms with Gasteiger partial charge in [-0.25, -0.2) is 15.0 Å². The highest BCUT2D eigenvalue weighted by molar-refractivity contribution is 7.13. The molecule has 8 heteroatoms. The Labute approximate surface area is 206 Å². The van der Waals surface area contributed by atoms with Gasteiger partial charge in [0.2, 0.25) is 0 Å². The van der Waals surface area contributed by atoms with E-state index in [1.165, 1.54) is 5.56 Å². The lowest BCUT2D eigenvalue weighted by Crippen LogP contribution is -2.21. The van der Waals surface area contributed by atoms with Crippen molar-refractivity contribution in [3.8, 4) is 21.8 Å². The molecule has 1 saturated carbocycles. The molecule has 3 N–H and O–H groups in total. The number of pyridine rings is 1. The van der Waals surface area contributed by atoms with Crippen molar-refractivity contribution in [2.45, 2.75) is 38.5 Å². The smallest absolute Gasteiger partial charge is 0.306 e. The fourth-order valence-corrected chi connectivity index (χ4v) is 5.88. The van der Waals surface area contributed by atoms with Crippen molar-refractivity contribution in [1.82, 2.24) is 19.4 Å². The minimum atomic E-state index is -0.699. The van der Waals surface area contributed by atoms with Gasteiger partial charge in [0, 0.05) is 23.1 Å². The number of imidazole rings is 1. The van der Waals surface area contributed by atoms with Crippen molar-refractivity contribution in [2.75, 3.05) is 5.73 Å². The summed E-state index contributed by atoms with van der Waals surface area (Å²) < 4.78 is 2.04. The van der Waals surface area contributed by atoms with Gasteiger partial charge in [0.05, 0.1) is 33.9 Å². The molecular formula is C27H25N5O2S. The van der Waals surface area contributed by atoms with Crippen LogP contribution in [0.15, 0.2) is 54.2 Å². The van der Waals surface area contributed by atoms with Crippen molar-refractivity contribution in [3.63, 3.8) is 0 Å². The number of fused-ring (bicyclic) bond motifs is 2. The number of nitrogens with two attached hydrogens (primary N) is 1. The highest BCUT2D eigenvalue weighted by atomic mass is 32.1. The first-order chi connectivity index (χ1) is 17.0. The molecule has 6 rings (SSSR count). The summed E-state index contributed by atoms with van der Waals surface area (Å²) in [5.74, 6) is 0.602. The second-order valence-corrected chi connectivity index (χ2v) is 10.3. The van der Waals surface area contributed by atoms with Crippen LogP contribution in [-0.2, 0) is 4.79 Å². The minimum absolute atomic E-state index is 0.206. The van der Waals surface area contributed by atoms with Crippen LogP contribution in [0.2, 0.25) is 0 Å². The van der Waals surface area contributed by atoms with Crippen LogP contribution in [0.5, 0.6) is 0 Å². The summed E-state index contributed by atoms with van der Waals surface area (Å²) in [6.07, 6.45) is 6.71. The standard InChI is InChI=1S/C27H25N5O2S/c1-15-11-21(24-3-2-10-35-24)30-20-12-18(8-9-19(15)20)22-14-32-23(25(28)31-22)13-29-26(32)16-4-6-17(7-5-16)27(33)34/h2-3,8-14,16-17H,4-7H2,1H3,(H2,28,31)(H,33,34). The predicted molar refractivity (Wildman–Crippen MR) is 139 cm³/mol. The highest BCUT2D eigenvalue weighted by Crippen LogP contribution is 2.37. The van der Waals surface area contributed by atoms with E-state index >= 15 is 0 Å². The van der Waals surface area contributed by atoms with Crippen molar-refractivity contribution in [3.05, 3.63) is 65.6 Å². The van der Waals surface area contributed by atoms with E-state index in [-0.39, 0.29) is 11.8 Å². The van der Waals surface area contributed by atoms with E-state index in [2.05, 4.69) is 52.6 Å². The quantitative estimate of drug-likeness (QED) is 0.328. The number of anilines is 1. The van der Waals surface area contributed by atoms with Crippen LogP contribution in [0.1, 0.15) is 43.0 Å². The number of rotatable bonds is 4. The molecule has 1 aliphatic carbocycles. The Kier molecular flexibility index (Phi) is 5.25. The maximum Gasteiger partial charge on any atom is 0.306 e. The van der Waals surface area contributed by atoms with Crippen LogP contribution in [-0.4, -0.2) is 30.4 Å². The lowest BCUT2D eigenvalue weighted by molar-refractivity contribution is -0.142. The zero-order chi connectivity index (χ0) is 24.1. The summed E-state index contributed by atoms with van der Waals surface area (Å²) in [6, 6.07) is 12.5. The molecule has 0 saturated heterocycles. The molecule has 1 aromatic carbocycles. The van der Waals surface area contributed by atoms with Crippen LogP contribution >= 0.6 is 11.3 Å². The largest absolute Gasteiger partial charge is 0.481 e. The van der Waals surface area contributed by atoms with E-state index in [9.17, 15) is 9.90 Å². The monoisotopic (exact) mass is 483 g/mol. The Hall–Kier alpha value is -3.78. The number of hydrogen-bond donors (Lipinski definition) is 2. The number of benzene rings is 1. The highest BCUT2D eigenvalue weighted by Gasteiger charge is 2.29. The maximum absolute atomic E-state index is 11.4. The molecule has 35 heavy (non-hydrogen) atoms. The Morgan fingerprint density at radius 2 is 1.94 bits per heavy atom. The van der Waals surface area contributed by atoms with E-state index in [0.29, 0.717) is 18.7 Å². The van der Waals surface area contributed by atoms with Gasteiger partial charge in [-0.3, -0.25) is 9.20 Å². The summed E-state index contributed by atoms with van der Waals surface area (Å²) in [4.78, 5) is 26.8. The van der Waals surface area contributed by atoms with Crippen LogP contribution in [0, 0.1) is 12.8 Å². The number of carbonyl (C=O) groups is 1. The summed E-state index contributed by atoms with van der Waals surface area (Å²) in [6.45, 7) is 2.11. The molecule has 4 heterocycles. The molecule has 5 aromatic rings. The van der Waals surface area contributed by atoms with E-state index in [1.54, 1.807) is 17.5 Å². The van der Waals surface area contributed by atoms with Gasteiger partial charge in [-0.15, -0.1) is 11.3 Å². The zero-order valence-electron chi connectivity index (χ0n) is 19.3. The fraction of sp³-hybridized carbons (Fsp3) is 0.259. The molecule has 0 unspecified atom stereocenters. The Morgan fingerprint density at radius 1 is 1.11 bits per heavy atom. The summed E-state index contributed by atoms with van der Waals surface area (Å²) in [5.41, 5.74) is 11.9. The molecule has 0 bridgehead atoms. The molecule has 1 aliphatic rings. The Morgan fingerprint density at radius 3 is 2.69 bits per heavy atom. The maximum atomic E-state index is 11.4. The molecule has 0 radical (unpaired) electrons. The van der Waals surface area contributed by atoms with Crippen LogP contribution in [0.4, 0.5) is 5.82 Å². The van der Waals surface area contributed by atoms with Crippen LogP contribution in [0.25, 0.3) is 38.2 Å². The third-order valence-corrected chi connectivity index (χ3v) is 8.00. The van der Waals surface area contributed by atoms with E-state index in [1.807, 2.05) is 16.7 Å². The minimum Gasteiger partial charge on any atom is -0.481 e. The van der Waals surface area contributed by atoms with Gasteiger partial charge < -0.3 is 10.8 Å². The number of aliphatic carboxylic acids is 1. The molecule has 4 aromatic heterocycles. The topological polar surface area (TPSA) is 106 Å². The first kappa shape index (κ1) is 21.7. The van der Waals surface area contributed by atoms with E-state index in [0.717, 1.165) is 56.9 Å². The van der Waals surface area contributed by atoms with Gasteiger partial charge in [-0.05, 0) is 61.7 Å². The fourth-order valence-electron chi connectivity index (χ4n) is 5.19. The van der Waals surface area contributed by atoms with Crippen LogP contribution < -0.4 is 5.73 Å². The number of carboxylic acids is 1. The molecule has 0 aliphatic heterocycles. The number of nitrogens with zero attached hydrogens (tertiary/aromatic N) is 4. The van der Waals surface area contributed by atoms with Gasteiger partial charge in [0.25, 0.3) is 0 Å². The third kappa shape index (κ3) is 3.83. The molecule has 176 valence electrons. The van der Waals surface area contributed by atoms with Gasteiger partial charge in [-0.2, -0.15) is 0 Å². The molecule has 7 nitrogen and oxygen atoms in total. The van der Waals surface area contributed by atoms with Gasteiger partial charge >= 0.3 is 5.97 Å². The average molecular weight is 484 g/mol. The normalized spacial score (nSPS) is 18.3. The van der Waals surface area contributed by atoms with E-state index in [4.69, 9.17) is 10.7 Å². The Bertz CT molecular complexity index is 1570. The van der Waals surface area contributed by atoms with Gasteiger partial charge in [-0.1, -0.05) is 18.2 Å². The van der Waals surface area contributed by atoms with Gasteiger partial charge in [0.15, 0.2) is 0 Å². The first-order valence-electron chi connectivity index (χ1n) is 11.8.